The molecule has 0 atom stereocenters. The molecule has 5 heterocycles. The number of ether oxygens (including phenoxy) is 4. The molecule has 5 aliphatic rings. The van der Waals surface area contributed by atoms with Crippen LogP contribution in [-0.4, -0.2) is 147 Å². The van der Waals surface area contributed by atoms with Gasteiger partial charge in [0.1, 0.15) is 34.0 Å². The minimum absolute atomic E-state index is 0. The Bertz CT molecular complexity index is 2010. The van der Waals surface area contributed by atoms with Gasteiger partial charge in [0.05, 0.1) is 12.5 Å². The van der Waals surface area contributed by atoms with Crippen molar-refractivity contribution in [1.29, 1.82) is 10.7 Å². The Kier molecular flexibility index (Phi) is 23.8. The Morgan fingerprint density at radius 2 is 0.986 bits per heavy atom. The average Bonchev–Trinajstić information content (AvgIpc) is 3.53. The van der Waals surface area contributed by atoms with Crippen molar-refractivity contribution < 1.29 is 47.7 Å². The number of amides is 5. The summed E-state index contributed by atoms with van der Waals surface area (Å²) >= 11 is 0. The molecule has 19 nitrogen and oxygen atoms in total. The second kappa shape index (κ2) is 26.7. The number of rotatable bonds is 4. The van der Waals surface area contributed by atoms with Gasteiger partial charge in [0.2, 0.25) is 17.0 Å². The smallest absolute Gasteiger partial charge is 0.410 e. The van der Waals surface area contributed by atoms with Crippen molar-refractivity contribution in [2.75, 3.05) is 52.4 Å². The standard InChI is InChI=1S/C14H22N2O3.C14H22N2O2.C13H21N3O3.C11H18N2O2.CH4/c1-11(17)10-14(15-5)6-8-16(9-7-14)12(18)19-13(2,3)4;1-6-7-14(15-5)8-10-16(11-9-14)12(17)18-13(2,3)4;1-12(2,3)19-11(18)16-6-4-13(5-7-16)8-9(17)15-10(13)14;1-11(2,3)15-10(14)13-6-4-9(8-12)5-7-13;/h6-10H2,1-4H3;6H,1,7-11H2,2-4H3;4-8H2,1-3H3,(H2,14,15,17);9H,4-7H2,1-3H3;1H4. The fourth-order valence-electron chi connectivity index (χ4n) is 8.39. The van der Waals surface area contributed by atoms with E-state index in [4.69, 9.17) is 42.8 Å². The van der Waals surface area contributed by atoms with Crippen LogP contribution in [0.1, 0.15) is 168 Å². The van der Waals surface area contributed by atoms with Gasteiger partial charge < -0.3 is 53.6 Å². The summed E-state index contributed by atoms with van der Waals surface area (Å²) < 4.78 is 21.2. The maximum absolute atomic E-state index is 11.9. The lowest BCUT2D eigenvalue weighted by Crippen LogP contribution is -2.47. The monoisotopic (exact) mass is 1010 g/mol. The average molecular weight is 1010 g/mol. The summed E-state index contributed by atoms with van der Waals surface area (Å²) in [7, 11) is 0. The molecule has 5 aliphatic heterocycles. The molecule has 0 saturated carbocycles. The molecular weight excluding hydrogens is 923 g/mol. The molecular formula is C53H87N9O10. The first-order valence-electron chi connectivity index (χ1n) is 24.7. The molecule has 1 spiro atoms. The number of piperidine rings is 4. The zero-order valence-corrected chi connectivity index (χ0v) is 45.0. The minimum atomic E-state index is -0.621. The predicted molar refractivity (Wildman–Crippen MR) is 276 cm³/mol. The number of likely N-dealkylation sites (tertiary alicyclic amines) is 4. The lowest BCUT2D eigenvalue weighted by atomic mass is 9.77. The molecule has 0 aromatic heterocycles. The van der Waals surface area contributed by atoms with Crippen LogP contribution in [0.3, 0.4) is 0 Å². The molecule has 5 fully saturated rings. The van der Waals surface area contributed by atoms with E-state index in [9.17, 15) is 28.8 Å². The molecule has 19 heteroatoms. The molecule has 2 N–H and O–H groups in total. The zero-order valence-electron chi connectivity index (χ0n) is 45.0. The van der Waals surface area contributed by atoms with Gasteiger partial charge in [0.25, 0.3) is 0 Å². The largest absolute Gasteiger partial charge is 0.444 e. The summed E-state index contributed by atoms with van der Waals surface area (Å²) in [6, 6.07) is 2.23. The van der Waals surface area contributed by atoms with Gasteiger partial charge in [-0.15, -0.1) is 6.58 Å². The Morgan fingerprint density at radius 3 is 1.25 bits per heavy atom. The van der Waals surface area contributed by atoms with Gasteiger partial charge in [0, 0.05) is 102 Å². The van der Waals surface area contributed by atoms with Crippen LogP contribution < -0.4 is 5.32 Å². The summed E-state index contributed by atoms with van der Waals surface area (Å²) in [4.78, 5) is 84.0. The number of hydrogen-bond donors (Lipinski definition) is 2. The fraction of sp³-hybridized carbons (Fsp3) is 0.774. The highest BCUT2D eigenvalue weighted by molar-refractivity contribution is 6.07. The predicted octanol–water partition coefficient (Wildman–Crippen LogP) is 10.2. The summed E-state index contributed by atoms with van der Waals surface area (Å²) in [5.74, 6) is 0.350. The third kappa shape index (κ3) is 21.8. The van der Waals surface area contributed by atoms with Gasteiger partial charge in [-0.1, -0.05) is 13.5 Å². The zero-order chi connectivity index (χ0) is 54.2. The second-order valence-electron chi connectivity index (χ2n) is 23.2. The van der Waals surface area contributed by atoms with Crippen molar-refractivity contribution >= 4 is 41.9 Å². The van der Waals surface area contributed by atoms with E-state index in [2.05, 4.69) is 27.7 Å². The van der Waals surface area contributed by atoms with E-state index in [1.54, 1.807) is 25.7 Å². The van der Waals surface area contributed by atoms with E-state index in [1.807, 2.05) is 83.1 Å². The number of carbonyl (C=O) groups excluding carboxylic acids is 6. The second-order valence-corrected chi connectivity index (χ2v) is 23.2. The molecule has 404 valence electrons. The summed E-state index contributed by atoms with van der Waals surface area (Å²) in [5.41, 5.74) is -3.27. The quantitative estimate of drug-likeness (QED) is 0.153. The van der Waals surface area contributed by atoms with Crippen LogP contribution >= 0.6 is 0 Å². The number of ketones is 1. The molecule has 0 aromatic carbocycles. The van der Waals surface area contributed by atoms with E-state index < -0.39 is 27.9 Å². The van der Waals surface area contributed by atoms with Gasteiger partial charge in [-0.2, -0.15) is 5.26 Å². The number of nitriles is 1. The van der Waals surface area contributed by atoms with Crippen molar-refractivity contribution in [2.45, 2.75) is 202 Å². The van der Waals surface area contributed by atoms with E-state index in [1.165, 1.54) is 6.92 Å². The molecule has 0 radical (unpaired) electrons. The van der Waals surface area contributed by atoms with Gasteiger partial charge in [-0.25, -0.2) is 32.3 Å². The Balaban J connectivity index is 0.000000480. The van der Waals surface area contributed by atoms with Gasteiger partial charge in [0.15, 0.2) is 0 Å². The molecule has 72 heavy (non-hydrogen) atoms. The number of Topliss-reactive ketones (excluding diaryl/α,β-unsaturated/α-hetero) is 1. The third-order valence-corrected chi connectivity index (χ3v) is 12.3. The van der Waals surface area contributed by atoms with Crippen LogP contribution in [0.5, 0.6) is 0 Å². The first kappa shape index (κ1) is 64.1. The van der Waals surface area contributed by atoms with E-state index in [0.717, 1.165) is 12.8 Å². The maximum atomic E-state index is 11.9. The number of nitrogens with zero attached hydrogens (tertiary/aromatic N) is 7. The van der Waals surface area contributed by atoms with Crippen molar-refractivity contribution in [3.05, 3.63) is 35.5 Å². The van der Waals surface area contributed by atoms with Crippen molar-refractivity contribution in [3.63, 3.8) is 0 Å². The van der Waals surface area contributed by atoms with Gasteiger partial charge >= 0.3 is 24.4 Å². The van der Waals surface area contributed by atoms with Crippen LogP contribution in [0.4, 0.5) is 19.2 Å². The van der Waals surface area contributed by atoms with Gasteiger partial charge in [-0.3, -0.25) is 15.0 Å². The van der Waals surface area contributed by atoms with Crippen LogP contribution in [-0.2, 0) is 28.5 Å². The van der Waals surface area contributed by atoms with Crippen molar-refractivity contribution in [1.82, 2.24) is 24.9 Å². The number of hydrogen-bond acceptors (Lipinski definition) is 12. The maximum Gasteiger partial charge on any atom is 0.410 e. The van der Waals surface area contributed by atoms with E-state index in [-0.39, 0.29) is 66.8 Å². The molecule has 0 aromatic rings. The Hall–Kier alpha value is -5.90. The molecule has 5 rings (SSSR count). The van der Waals surface area contributed by atoms with Crippen LogP contribution in [0.15, 0.2) is 12.7 Å². The molecule has 0 aliphatic carbocycles. The fourth-order valence-corrected chi connectivity index (χ4v) is 8.39. The first-order chi connectivity index (χ1) is 32.6. The van der Waals surface area contributed by atoms with E-state index >= 15 is 0 Å². The lowest BCUT2D eigenvalue weighted by molar-refractivity contribution is -0.120. The highest BCUT2D eigenvalue weighted by Crippen LogP contribution is 2.39. The van der Waals surface area contributed by atoms with Crippen LogP contribution in [0.2, 0.25) is 0 Å². The topological polar surface area (TPSA) is 221 Å². The summed E-state index contributed by atoms with van der Waals surface area (Å²) in [6.45, 7) is 46.4. The SMILES string of the molecule is C.CC(C)(C)OC(=O)N1CCC(C#N)CC1.CC(C)(C)OC(=O)N1CCC2(CC1)CC(=O)NC2=N.[C-]#[N+]C1(CC(C)=O)CCN(C(=O)OC(C)(C)C)CC1.[C-]#[N+]C1(CC=C)CCN(C(=O)OC(C)(C)C)CC1. The Labute approximate surface area is 430 Å². The van der Waals surface area contributed by atoms with E-state index in [0.29, 0.717) is 110 Å². The van der Waals surface area contributed by atoms with Gasteiger partial charge in [-0.05, 0) is 116 Å². The normalized spacial score (nSPS) is 19.4. The Morgan fingerprint density at radius 1 is 0.667 bits per heavy atom. The molecule has 0 unspecified atom stereocenters. The summed E-state index contributed by atoms with van der Waals surface area (Å²) in [5, 5.41) is 19.2. The van der Waals surface area contributed by atoms with Crippen LogP contribution in [0.25, 0.3) is 9.69 Å². The summed E-state index contributed by atoms with van der Waals surface area (Å²) in [6.07, 6.45) is 7.21. The third-order valence-electron chi connectivity index (χ3n) is 12.3. The highest BCUT2D eigenvalue weighted by Gasteiger charge is 2.47. The highest BCUT2D eigenvalue weighted by atomic mass is 16.6. The number of nitrogens with one attached hydrogen (secondary N) is 2. The lowest BCUT2D eigenvalue weighted by Gasteiger charge is -2.38. The van der Waals surface area contributed by atoms with Crippen LogP contribution in [0, 0.1) is 41.2 Å². The molecule has 5 saturated heterocycles. The molecule has 5 amide bonds. The van der Waals surface area contributed by atoms with Crippen molar-refractivity contribution in [2.24, 2.45) is 11.3 Å². The molecule has 0 bridgehead atoms. The van der Waals surface area contributed by atoms with Crippen molar-refractivity contribution in [3.8, 4) is 6.07 Å². The minimum Gasteiger partial charge on any atom is -0.444 e. The number of amidine groups is 1. The number of carbonyl (C=O) groups is 6. The first-order valence-corrected chi connectivity index (χ1v) is 24.7.